The van der Waals surface area contributed by atoms with Crippen LogP contribution in [0.2, 0.25) is 0 Å². The molecule has 3 aliphatic rings. The van der Waals surface area contributed by atoms with Crippen molar-refractivity contribution in [3.8, 4) is 0 Å². The number of carbonyl (C=O) groups excluding carboxylic acids is 1. The van der Waals surface area contributed by atoms with E-state index in [2.05, 4.69) is 22.0 Å². The predicted octanol–water partition coefficient (Wildman–Crippen LogP) is 1.74. The zero-order valence-corrected chi connectivity index (χ0v) is 14.0. The van der Waals surface area contributed by atoms with Crippen LogP contribution in [0.15, 0.2) is 0 Å². The number of likely N-dealkylation sites (tertiary alicyclic amines) is 1. The lowest BCUT2D eigenvalue weighted by atomic mass is 10.0. The molecule has 5 heteroatoms. The number of nitrogens with zero attached hydrogens (tertiary/aromatic N) is 2. The minimum atomic E-state index is 0. The minimum absolute atomic E-state index is 0. The summed E-state index contributed by atoms with van der Waals surface area (Å²) in [6.45, 7) is 8.77. The Morgan fingerprint density at radius 1 is 1.14 bits per heavy atom. The Labute approximate surface area is 135 Å². The molecule has 2 saturated heterocycles. The van der Waals surface area contributed by atoms with Gasteiger partial charge in [0.15, 0.2) is 0 Å². The van der Waals surface area contributed by atoms with E-state index in [1.807, 2.05) is 0 Å². The molecule has 0 aromatic carbocycles. The van der Waals surface area contributed by atoms with Crippen LogP contribution >= 0.6 is 12.4 Å². The third-order valence-electron chi connectivity index (χ3n) is 5.45. The van der Waals surface area contributed by atoms with Crippen molar-refractivity contribution in [2.75, 3.05) is 39.3 Å². The normalized spacial score (nSPS) is 34.0. The van der Waals surface area contributed by atoms with E-state index in [9.17, 15) is 4.79 Å². The molecule has 3 atom stereocenters. The number of halogens is 1. The van der Waals surface area contributed by atoms with Gasteiger partial charge < -0.3 is 10.2 Å². The fourth-order valence-corrected chi connectivity index (χ4v) is 4.20. The summed E-state index contributed by atoms with van der Waals surface area (Å²) in [5.41, 5.74) is 0. The van der Waals surface area contributed by atoms with Gasteiger partial charge in [0.2, 0.25) is 5.91 Å². The highest BCUT2D eigenvalue weighted by atomic mass is 35.5. The van der Waals surface area contributed by atoms with E-state index in [4.69, 9.17) is 0 Å². The van der Waals surface area contributed by atoms with E-state index >= 15 is 0 Å². The zero-order valence-electron chi connectivity index (χ0n) is 13.2. The van der Waals surface area contributed by atoms with Gasteiger partial charge in [-0.25, -0.2) is 0 Å². The van der Waals surface area contributed by atoms with Gasteiger partial charge in [-0.2, -0.15) is 0 Å². The number of nitrogens with one attached hydrogen (secondary N) is 1. The summed E-state index contributed by atoms with van der Waals surface area (Å²) in [4.78, 5) is 17.1. The second kappa shape index (κ2) is 7.80. The Bertz CT molecular complexity index is 346. The molecule has 0 bridgehead atoms. The summed E-state index contributed by atoms with van der Waals surface area (Å²) in [6.07, 6.45) is 5.83. The third kappa shape index (κ3) is 4.33. The van der Waals surface area contributed by atoms with Crippen molar-refractivity contribution in [2.45, 2.75) is 45.1 Å². The van der Waals surface area contributed by atoms with Crippen LogP contribution in [-0.4, -0.2) is 61.0 Å². The molecule has 3 unspecified atom stereocenters. The Morgan fingerprint density at radius 2 is 1.90 bits per heavy atom. The van der Waals surface area contributed by atoms with Crippen molar-refractivity contribution >= 4 is 18.3 Å². The maximum Gasteiger partial charge on any atom is 0.222 e. The van der Waals surface area contributed by atoms with Gasteiger partial charge in [-0.1, -0.05) is 13.3 Å². The summed E-state index contributed by atoms with van der Waals surface area (Å²) < 4.78 is 0. The first kappa shape index (κ1) is 17.0. The fourth-order valence-electron chi connectivity index (χ4n) is 4.20. The van der Waals surface area contributed by atoms with Gasteiger partial charge >= 0.3 is 0 Å². The molecular weight excluding hydrogens is 286 g/mol. The van der Waals surface area contributed by atoms with E-state index in [0.717, 1.165) is 51.6 Å². The summed E-state index contributed by atoms with van der Waals surface area (Å²) in [5.74, 6) is 1.91. The molecule has 1 aliphatic carbocycles. The molecule has 122 valence electrons. The molecule has 2 aliphatic heterocycles. The van der Waals surface area contributed by atoms with Crippen molar-refractivity contribution in [3.63, 3.8) is 0 Å². The van der Waals surface area contributed by atoms with E-state index in [0.29, 0.717) is 17.9 Å². The lowest BCUT2D eigenvalue weighted by molar-refractivity contribution is -0.131. The SMILES string of the molecule is CC1CCC(CC(=O)N2CCC(N3CCNCC3)C2)C1.Cl. The number of piperazine rings is 1. The molecule has 0 aromatic rings. The van der Waals surface area contributed by atoms with Crippen molar-refractivity contribution in [3.05, 3.63) is 0 Å². The summed E-state index contributed by atoms with van der Waals surface area (Å²) >= 11 is 0. The Hall–Kier alpha value is -0.320. The first-order chi connectivity index (χ1) is 9.72. The van der Waals surface area contributed by atoms with Crippen LogP contribution in [0.1, 0.15) is 39.0 Å². The number of carbonyl (C=O) groups is 1. The molecule has 21 heavy (non-hydrogen) atoms. The van der Waals surface area contributed by atoms with Crippen molar-refractivity contribution < 1.29 is 4.79 Å². The zero-order chi connectivity index (χ0) is 13.9. The summed E-state index contributed by atoms with van der Waals surface area (Å²) in [7, 11) is 0. The van der Waals surface area contributed by atoms with Crippen LogP contribution in [0.25, 0.3) is 0 Å². The monoisotopic (exact) mass is 315 g/mol. The van der Waals surface area contributed by atoms with Gasteiger partial charge in [0.1, 0.15) is 0 Å². The van der Waals surface area contributed by atoms with Crippen molar-refractivity contribution in [1.82, 2.24) is 15.1 Å². The summed E-state index contributed by atoms with van der Waals surface area (Å²) in [6, 6.07) is 0.614. The van der Waals surface area contributed by atoms with Gasteiger partial charge in [-0.05, 0) is 31.1 Å². The molecule has 3 fully saturated rings. The topological polar surface area (TPSA) is 35.6 Å². The van der Waals surface area contributed by atoms with Crippen LogP contribution in [0.4, 0.5) is 0 Å². The highest BCUT2D eigenvalue weighted by Crippen LogP contribution is 2.33. The second-order valence-corrected chi connectivity index (χ2v) is 7.06. The molecule has 0 spiro atoms. The van der Waals surface area contributed by atoms with E-state index in [-0.39, 0.29) is 12.4 Å². The van der Waals surface area contributed by atoms with E-state index < -0.39 is 0 Å². The second-order valence-electron chi connectivity index (χ2n) is 7.06. The van der Waals surface area contributed by atoms with Gasteiger partial charge in [0, 0.05) is 51.7 Å². The van der Waals surface area contributed by atoms with Crippen molar-refractivity contribution in [2.24, 2.45) is 11.8 Å². The minimum Gasteiger partial charge on any atom is -0.341 e. The Kier molecular flexibility index (Phi) is 6.33. The molecule has 1 saturated carbocycles. The predicted molar refractivity (Wildman–Crippen MR) is 87.8 cm³/mol. The number of hydrogen-bond acceptors (Lipinski definition) is 3. The first-order valence-corrected chi connectivity index (χ1v) is 8.45. The quantitative estimate of drug-likeness (QED) is 0.862. The van der Waals surface area contributed by atoms with Crippen LogP contribution in [0.5, 0.6) is 0 Å². The third-order valence-corrected chi connectivity index (χ3v) is 5.45. The smallest absolute Gasteiger partial charge is 0.222 e. The fraction of sp³-hybridized carbons (Fsp3) is 0.938. The molecule has 1 N–H and O–H groups in total. The maximum atomic E-state index is 12.4. The average molecular weight is 316 g/mol. The molecule has 3 rings (SSSR count). The average Bonchev–Trinajstić information content (AvgIpc) is 3.09. The van der Waals surface area contributed by atoms with Gasteiger partial charge in [-0.15, -0.1) is 12.4 Å². The highest BCUT2D eigenvalue weighted by molar-refractivity contribution is 5.85. The molecule has 4 nitrogen and oxygen atoms in total. The van der Waals surface area contributed by atoms with Crippen LogP contribution in [0.3, 0.4) is 0 Å². The number of amides is 1. The molecule has 0 aromatic heterocycles. The first-order valence-electron chi connectivity index (χ1n) is 8.45. The lowest BCUT2D eigenvalue weighted by Crippen LogP contribution is -2.49. The van der Waals surface area contributed by atoms with Gasteiger partial charge in [-0.3, -0.25) is 9.69 Å². The number of hydrogen-bond donors (Lipinski definition) is 1. The van der Waals surface area contributed by atoms with Gasteiger partial charge in [0.25, 0.3) is 0 Å². The highest BCUT2D eigenvalue weighted by Gasteiger charge is 2.32. The standard InChI is InChI=1S/C16H29N3O.ClH/c1-13-2-3-14(10-13)11-16(20)19-7-4-15(12-19)18-8-5-17-6-9-18;/h13-15,17H,2-12H2,1H3;1H. The van der Waals surface area contributed by atoms with Crippen molar-refractivity contribution in [1.29, 1.82) is 0 Å². The van der Waals surface area contributed by atoms with E-state index in [1.54, 1.807) is 0 Å². The molecule has 2 heterocycles. The van der Waals surface area contributed by atoms with E-state index in [1.165, 1.54) is 25.7 Å². The lowest BCUT2D eigenvalue weighted by Gasteiger charge is -2.32. The van der Waals surface area contributed by atoms with Crippen LogP contribution in [-0.2, 0) is 4.79 Å². The number of rotatable bonds is 3. The largest absolute Gasteiger partial charge is 0.341 e. The molecule has 1 amide bonds. The van der Waals surface area contributed by atoms with Gasteiger partial charge in [0.05, 0.1) is 0 Å². The Balaban J connectivity index is 0.00000161. The Morgan fingerprint density at radius 3 is 2.57 bits per heavy atom. The molecule has 0 radical (unpaired) electrons. The summed E-state index contributed by atoms with van der Waals surface area (Å²) in [5, 5.41) is 3.40. The molecular formula is C16H30ClN3O. The maximum absolute atomic E-state index is 12.4. The van der Waals surface area contributed by atoms with Crippen LogP contribution < -0.4 is 5.32 Å². The van der Waals surface area contributed by atoms with Crippen LogP contribution in [0, 0.1) is 11.8 Å².